The van der Waals surface area contributed by atoms with Crippen LogP contribution in [0, 0.1) is 0 Å². The van der Waals surface area contributed by atoms with E-state index in [2.05, 4.69) is 10.5 Å². The first-order valence-corrected chi connectivity index (χ1v) is 5.53. The third-order valence-corrected chi connectivity index (χ3v) is 2.89. The number of hydrogen-bond donors (Lipinski definition) is 3. The highest BCUT2D eigenvalue weighted by molar-refractivity contribution is 5.94. The van der Waals surface area contributed by atoms with Crippen LogP contribution in [0.25, 0.3) is 0 Å². The molecule has 0 aromatic heterocycles. The Labute approximate surface area is 99.9 Å². The molecule has 2 unspecified atom stereocenters. The standard InChI is InChI=1S/C10H19N3O4/c1-3-10(2,9(11)13-15)12-8(14)7-6-16-4-5-17-7/h7,15H,3-6H2,1-2H3,(H2,11,13)(H,12,14). The molecular weight excluding hydrogens is 226 g/mol. The summed E-state index contributed by atoms with van der Waals surface area (Å²) in [6.07, 6.45) is -0.136. The largest absolute Gasteiger partial charge is 0.409 e. The summed E-state index contributed by atoms with van der Waals surface area (Å²) < 4.78 is 10.4. The van der Waals surface area contributed by atoms with E-state index in [9.17, 15) is 4.79 Å². The van der Waals surface area contributed by atoms with Crippen LogP contribution in [0.15, 0.2) is 5.16 Å². The SMILES string of the molecule is CCC(C)(NC(=O)C1COCCO1)C(N)=NO. The molecule has 2 atom stereocenters. The summed E-state index contributed by atoms with van der Waals surface area (Å²) in [6, 6.07) is 0. The van der Waals surface area contributed by atoms with E-state index in [4.69, 9.17) is 20.4 Å². The summed E-state index contributed by atoms with van der Waals surface area (Å²) >= 11 is 0. The molecular formula is C10H19N3O4. The van der Waals surface area contributed by atoms with Crippen LogP contribution >= 0.6 is 0 Å². The molecule has 98 valence electrons. The van der Waals surface area contributed by atoms with Crippen molar-refractivity contribution in [2.45, 2.75) is 31.9 Å². The summed E-state index contributed by atoms with van der Waals surface area (Å²) in [5.41, 5.74) is 4.67. The second-order valence-corrected chi connectivity index (χ2v) is 4.09. The molecule has 1 fully saturated rings. The van der Waals surface area contributed by atoms with Gasteiger partial charge in [-0.05, 0) is 13.3 Å². The van der Waals surface area contributed by atoms with Gasteiger partial charge < -0.3 is 25.7 Å². The number of nitrogens with two attached hydrogens (primary N) is 1. The first-order valence-electron chi connectivity index (χ1n) is 5.53. The molecule has 17 heavy (non-hydrogen) atoms. The van der Waals surface area contributed by atoms with Crippen molar-refractivity contribution in [3.63, 3.8) is 0 Å². The van der Waals surface area contributed by atoms with Gasteiger partial charge in [0.1, 0.15) is 0 Å². The fourth-order valence-electron chi connectivity index (χ4n) is 1.44. The molecule has 4 N–H and O–H groups in total. The Bertz CT molecular complexity index is 302. The van der Waals surface area contributed by atoms with Crippen molar-refractivity contribution in [3.05, 3.63) is 0 Å². The monoisotopic (exact) mass is 245 g/mol. The number of rotatable bonds is 4. The van der Waals surface area contributed by atoms with Gasteiger partial charge in [0, 0.05) is 0 Å². The molecule has 1 aliphatic heterocycles. The van der Waals surface area contributed by atoms with Crippen LogP contribution in [-0.2, 0) is 14.3 Å². The summed E-state index contributed by atoms with van der Waals surface area (Å²) in [6.45, 7) is 4.63. The summed E-state index contributed by atoms with van der Waals surface area (Å²) in [7, 11) is 0. The number of nitrogens with one attached hydrogen (secondary N) is 1. The average molecular weight is 245 g/mol. The van der Waals surface area contributed by atoms with Crippen LogP contribution in [0.5, 0.6) is 0 Å². The minimum atomic E-state index is -0.882. The third-order valence-electron chi connectivity index (χ3n) is 2.89. The molecule has 0 saturated carbocycles. The molecule has 0 bridgehead atoms. The van der Waals surface area contributed by atoms with Crippen molar-refractivity contribution in [3.8, 4) is 0 Å². The van der Waals surface area contributed by atoms with Crippen LogP contribution in [-0.4, -0.2) is 48.4 Å². The molecule has 0 radical (unpaired) electrons. The van der Waals surface area contributed by atoms with Gasteiger partial charge in [-0.2, -0.15) is 0 Å². The second-order valence-electron chi connectivity index (χ2n) is 4.09. The van der Waals surface area contributed by atoms with E-state index >= 15 is 0 Å². The zero-order valence-electron chi connectivity index (χ0n) is 10.1. The molecule has 0 aliphatic carbocycles. The van der Waals surface area contributed by atoms with Crippen LogP contribution in [0.1, 0.15) is 20.3 Å². The zero-order valence-corrected chi connectivity index (χ0v) is 10.1. The maximum atomic E-state index is 11.9. The lowest BCUT2D eigenvalue weighted by Gasteiger charge is -2.31. The highest BCUT2D eigenvalue weighted by atomic mass is 16.6. The van der Waals surface area contributed by atoms with Gasteiger partial charge in [-0.3, -0.25) is 4.79 Å². The normalized spacial score (nSPS) is 25.1. The number of oxime groups is 1. The highest BCUT2D eigenvalue weighted by Crippen LogP contribution is 2.11. The van der Waals surface area contributed by atoms with Crippen LogP contribution in [0.2, 0.25) is 0 Å². The molecule has 1 rings (SSSR count). The number of carbonyl (C=O) groups is 1. The molecule has 0 aromatic carbocycles. The molecule has 0 aromatic rings. The molecule has 7 heteroatoms. The Kier molecular flexibility index (Phi) is 4.71. The zero-order chi connectivity index (χ0) is 12.9. The minimum absolute atomic E-state index is 0.0370. The number of hydrogen-bond acceptors (Lipinski definition) is 5. The maximum absolute atomic E-state index is 11.9. The molecule has 0 spiro atoms. The third kappa shape index (κ3) is 3.31. The van der Waals surface area contributed by atoms with Gasteiger partial charge >= 0.3 is 0 Å². The van der Waals surface area contributed by atoms with Crippen molar-refractivity contribution in [2.75, 3.05) is 19.8 Å². The van der Waals surface area contributed by atoms with Crippen LogP contribution in [0.4, 0.5) is 0 Å². The predicted molar refractivity (Wildman–Crippen MR) is 60.8 cm³/mol. The molecule has 1 saturated heterocycles. The van der Waals surface area contributed by atoms with E-state index in [0.717, 1.165) is 0 Å². The first-order chi connectivity index (χ1) is 8.03. The summed E-state index contributed by atoms with van der Waals surface area (Å²) in [4.78, 5) is 11.9. The fourth-order valence-corrected chi connectivity index (χ4v) is 1.44. The van der Waals surface area contributed by atoms with E-state index in [0.29, 0.717) is 19.6 Å². The van der Waals surface area contributed by atoms with Gasteiger partial charge in [-0.15, -0.1) is 0 Å². The Morgan fingerprint density at radius 3 is 2.82 bits per heavy atom. The fraction of sp³-hybridized carbons (Fsp3) is 0.800. The maximum Gasteiger partial charge on any atom is 0.252 e. The van der Waals surface area contributed by atoms with E-state index < -0.39 is 11.6 Å². The van der Waals surface area contributed by atoms with Gasteiger partial charge in [0.05, 0.1) is 25.4 Å². The molecule has 1 aliphatic rings. The van der Waals surface area contributed by atoms with Gasteiger partial charge in [-0.25, -0.2) is 0 Å². The van der Waals surface area contributed by atoms with Gasteiger partial charge in [0.25, 0.3) is 5.91 Å². The number of nitrogens with zero attached hydrogens (tertiary/aromatic N) is 1. The van der Waals surface area contributed by atoms with Gasteiger partial charge in [0.2, 0.25) is 0 Å². The molecule has 1 amide bonds. The minimum Gasteiger partial charge on any atom is -0.409 e. The van der Waals surface area contributed by atoms with E-state index in [1.165, 1.54) is 0 Å². The second kappa shape index (κ2) is 5.83. The highest BCUT2D eigenvalue weighted by Gasteiger charge is 2.33. The molecule has 7 nitrogen and oxygen atoms in total. The first kappa shape index (κ1) is 13.7. The van der Waals surface area contributed by atoms with Crippen LogP contribution in [0.3, 0.4) is 0 Å². The Morgan fingerprint density at radius 1 is 1.65 bits per heavy atom. The Hall–Kier alpha value is -1.34. The van der Waals surface area contributed by atoms with Crippen molar-refractivity contribution >= 4 is 11.7 Å². The van der Waals surface area contributed by atoms with Crippen molar-refractivity contribution < 1.29 is 19.5 Å². The molecule has 1 heterocycles. The summed E-state index contributed by atoms with van der Waals surface area (Å²) in [5.74, 6) is -0.356. The van der Waals surface area contributed by atoms with Crippen molar-refractivity contribution in [2.24, 2.45) is 10.9 Å². The lowest BCUT2D eigenvalue weighted by Crippen LogP contribution is -2.58. The number of carbonyl (C=O) groups excluding carboxylic acids is 1. The predicted octanol–water partition coefficient (Wildman–Crippen LogP) is -0.567. The smallest absolute Gasteiger partial charge is 0.252 e. The quantitative estimate of drug-likeness (QED) is 0.266. The number of amidine groups is 1. The summed E-state index contributed by atoms with van der Waals surface area (Å²) in [5, 5.41) is 14.3. The van der Waals surface area contributed by atoms with E-state index in [1.54, 1.807) is 6.92 Å². The van der Waals surface area contributed by atoms with Gasteiger partial charge in [0.15, 0.2) is 11.9 Å². The Morgan fingerprint density at radius 2 is 2.35 bits per heavy atom. The number of ether oxygens (including phenoxy) is 2. The lowest BCUT2D eigenvalue weighted by atomic mass is 9.97. The number of amides is 1. The van der Waals surface area contributed by atoms with Crippen LogP contribution < -0.4 is 11.1 Å². The van der Waals surface area contributed by atoms with Crippen molar-refractivity contribution in [1.82, 2.24) is 5.32 Å². The Balaban J connectivity index is 2.64. The van der Waals surface area contributed by atoms with E-state index in [-0.39, 0.29) is 18.3 Å². The van der Waals surface area contributed by atoms with E-state index in [1.807, 2.05) is 6.92 Å². The lowest BCUT2D eigenvalue weighted by molar-refractivity contribution is -0.148. The topological polar surface area (TPSA) is 106 Å². The van der Waals surface area contributed by atoms with Gasteiger partial charge in [-0.1, -0.05) is 12.1 Å². The van der Waals surface area contributed by atoms with Crippen molar-refractivity contribution in [1.29, 1.82) is 0 Å². The average Bonchev–Trinajstić information content (AvgIpc) is 2.38.